The van der Waals surface area contributed by atoms with Gasteiger partial charge in [0.15, 0.2) is 0 Å². The molecule has 0 spiro atoms. The SMILES string of the molecule is CNC(=O)c1ccc(Nc2nnc(C)o2)cc1. The third-order valence-corrected chi connectivity index (χ3v) is 2.15. The number of benzene rings is 1. The summed E-state index contributed by atoms with van der Waals surface area (Å²) in [5, 5.41) is 13.0. The Morgan fingerprint density at radius 1 is 1.24 bits per heavy atom. The smallest absolute Gasteiger partial charge is 0.320 e. The van der Waals surface area contributed by atoms with Crippen LogP contribution in [0.15, 0.2) is 28.7 Å². The molecule has 0 unspecified atom stereocenters. The molecule has 2 aromatic rings. The Kier molecular flexibility index (Phi) is 3.04. The lowest BCUT2D eigenvalue weighted by molar-refractivity contribution is 0.0963. The van der Waals surface area contributed by atoms with Crippen molar-refractivity contribution in [3.63, 3.8) is 0 Å². The van der Waals surface area contributed by atoms with Gasteiger partial charge in [-0.15, -0.1) is 5.10 Å². The van der Waals surface area contributed by atoms with Crippen LogP contribution in [0.3, 0.4) is 0 Å². The number of rotatable bonds is 3. The average Bonchev–Trinajstić information content (AvgIpc) is 2.75. The second-order valence-electron chi connectivity index (χ2n) is 3.41. The zero-order chi connectivity index (χ0) is 12.3. The van der Waals surface area contributed by atoms with E-state index < -0.39 is 0 Å². The number of carbonyl (C=O) groups excluding carboxylic acids is 1. The van der Waals surface area contributed by atoms with Crippen LogP contribution in [0.2, 0.25) is 0 Å². The fourth-order valence-electron chi connectivity index (χ4n) is 1.32. The highest BCUT2D eigenvalue weighted by atomic mass is 16.4. The maximum Gasteiger partial charge on any atom is 0.320 e. The lowest BCUT2D eigenvalue weighted by atomic mass is 10.2. The Morgan fingerprint density at radius 3 is 2.47 bits per heavy atom. The second-order valence-corrected chi connectivity index (χ2v) is 3.41. The van der Waals surface area contributed by atoms with Gasteiger partial charge in [-0.3, -0.25) is 4.79 Å². The molecule has 0 radical (unpaired) electrons. The van der Waals surface area contributed by atoms with E-state index in [0.717, 1.165) is 5.69 Å². The van der Waals surface area contributed by atoms with Gasteiger partial charge >= 0.3 is 6.01 Å². The fourth-order valence-corrected chi connectivity index (χ4v) is 1.32. The van der Waals surface area contributed by atoms with Gasteiger partial charge in [0.25, 0.3) is 5.91 Å². The van der Waals surface area contributed by atoms with Crippen LogP contribution in [-0.2, 0) is 0 Å². The van der Waals surface area contributed by atoms with Gasteiger partial charge in [0.1, 0.15) is 0 Å². The second kappa shape index (κ2) is 4.65. The average molecular weight is 232 g/mol. The highest BCUT2D eigenvalue weighted by molar-refractivity contribution is 5.94. The first-order valence-electron chi connectivity index (χ1n) is 5.08. The molecule has 0 saturated carbocycles. The van der Waals surface area contributed by atoms with Gasteiger partial charge in [-0.25, -0.2) is 0 Å². The van der Waals surface area contributed by atoms with E-state index >= 15 is 0 Å². The molecule has 6 heteroatoms. The van der Waals surface area contributed by atoms with E-state index in [-0.39, 0.29) is 5.91 Å². The topological polar surface area (TPSA) is 80.0 Å². The lowest BCUT2D eigenvalue weighted by Gasteiger charge is -2.02. The fraction of sp³-hybridized carbons (Fsp3) is 0.182. The standard InChI is InChI=1S/C11H12N4O2/c1-7-14-15-11(17-7)13-9-5-3-8(4-6-9)10(16)12-2/h3-6H,1-2H3,(H,12,16)(H,13,15). The minimum atomic E-state index is -0.120. The Balaban J connectivity index is 2.10. The van der Waals surface area contributed by atoms with Gasteiger partial charge in [-0.1, -0.05) is 5.10 Å². The van der Waals surface area contributed by atoms with Crippen LogP contribution in [0.4, 0.5) is 11.7 Å². The summed E-state index contributed by atoms with van der Waals surface area (Å²) in [5.41, 5.74) is 1.38. The Hall–Kier alpha value is -2.37. The van der Waals surface area contributed by atoms with Crippen molar-refractivity contribution in [2.75, 3.05) is 12.4 Å². The predicted molar refractivity (Wildman–Crippen MR) is 62.1 cm³/mol. The highest BCUT2D eigenvalue weighted by Gasteiger charge is 2.04. The zero-order valence-electron chi connectivity index (χ0n) is 9.52. The van der Waals surface area contributed by atoms with Crippen LogP contribution in [0.25, 0.3) is 0 Å². The maximum atomic E-state index is 11.3. The monoisotopic (exact) mass is 232 g/mol. The third-order valence-electron chi connectivity index (χ3n) is 2.15. The van der Waals surface area contributed by atoms with Crippen molar-refractivity contribution >= 4 is 17.6 Å². The first-order chi connectivity index (χ1) is 8.19. The number of nitrogens with one attached hydrogen (secondary N) is 2. The molecule has 2 rings (SSSR count). The summed E-state index contributed by atoms with van der Waals surface area (Å²) in [7, 11) is 1.59. The molecule has 2 N–H and O–H groups in total. The van der Waals surface area contributed by atoms with Crippen molar-refractivity contribution in [3.05, 3.63) is 35.7 Å². The number of nitrogens with zero attached hydrogens (tertiary/aromatic N) is 2. The molecular weight excluding hydrogens is 220 g/mol. The Morgan fingerprint density at radius 2 is 1.94 bits per heavy atom. The molecule has 1 heterocycles. The number of carbonyl (C=O) groups is 1. The number of aryl methyl sites for hydroxylation is 1. The van der Waals surface area contributed by atoms with Gasteiger partial charge in [-0.05, 0) is 24.3 Å². The first-order valence-corrected chi connectivity index (χ1v) is 5.08. The minimum absolute atomic E-state index is 0.120. The summed E-state index contributed by atoms with van der Waals surface area (Å²) in [6.07, 6.45) is 0. The summed E-state index contributed by atoms with van der Waals surface area (Å²) >= 11 is 0. The molecule has 1 amide bonds. The molecule has 0 aliphatic carbocycles. The van der Waals surface area contributed by atoms with Gasteiger partial charge in [0.05, 0.1) is 0 Å². The summed E-state index contributed by atoms with van der Waals surface area (Å²) in [4.78, 5) is 11.3. The van der Waals surface area contributed by atoms with Gasteiger partial charge in [0, 0.05) is 25.2 Å². The summed E-state index contributed by atoms with van der Waals surface area (Å²) in [6.45, 7) is 1.72. The number of anilines is 2. The Bertz CT molecular complexity index is 519. The van der Waals surface area contributed by atoms with Crippen LogP contribution >= 0.6 is 0 Å². The van der Waals surface area contributed by atoms with E-state index in [1.54, 1.807) is 38.2 Å². The van der Waals surface area contributed by atoms with Gasteiger partial charge < -0.3 is 15.1 Å². The van der Waals surface area contributed by atoms with Crippen molar-refractivity contribution in [1.29, 1.82) is 0 Å². The molecule has 0 aliphatic rings. The summed E-state index contributed by atoms with van der Waals surface area (Å²) in [5.74, 6) is 0.375. The number of hydrogen-bond donors (Lipinski definition) is 2. The molecule has 0 aliphatic heterocycles. The highest BCUT2D eigenvalue weighted by Crippen LogP contribution is 2.15. The van der Waals surface area contributed by atoms with E-state index in [9.17, 15) is 4.79 Å². The third kappa shape index (κ3) is 2.60. The molecule has 6 nitrogen and oxygen atoms in total. The largest absolute Gasteiger partial charge is 0.408 e. The predicted octanol–water partition coefficient (Wildman–Crippen LogP) is 1.48. The van der Waals surface area contributed by atoms with E-state index in [0.29, 0.717) is 17.5 Å². The van der Waals surface area contributed by atoms with Crippen LogP contribution in [0.1, 0.15) is 16.2 Å². The minimum Gasteiger partial charge on any atom is -0.408 e. The van der Waals surface area contributed by atoms with Gasteiger partial charge in [-0.2, -0.15) is 0 Å². The Labute approximate surface area is 98.0 Å². The molecule has 1 aromatic heterocycles. The van der Waals surface area contributed by atoms with Gasteiger partial charge in [0.2, 0.25) is 5.89 Å². The number of amides is 1. The van der Waals surface area contributed by atoms with Crippen molar-refractivity contribution in [1.82, 2.24) is 15.5 Å². The summed E-state index contributed by atoms with van der Waals surface area (Å²) in [6, 6.07) is 7.29. The van der Waals surface area contributed by atoms with Crippen LogP contribution in [0.5, 0.6) is 0 Å². The van der Waals surface area contributed by atoms with Crippen molar-refractivity contribution in [2.24, 2.45) is 0 Å². The molecule has 88 valence electrons. The zero-order valence-corrected chi connectivity index (χ0v) is 9.52. The maximum absolute atomic E-state index is 11.3. The van der Waals surface area contributed by atoms with Crippen LogP contribution < -0.4 is 10.6 Å². The quantitative estimate of drug-likeness (QED) is 0.837. The van der Waals surface area contributed by atoms with E-state index in [4.69, 9.17) is 4.42 Å². The van der Waals surface area contributed by atoms with Crippen molar-refractivity contribution < 1.29 is 9.21 Å². The number of hydrogen-bond acceptors (Lipinski definition) is 5. The molecule has 0 saturated heterocycles. The number of aromatic nitrogens is 2. The van der Waals surface area contributed by atoms with Crippen LogP contribution in [0, 0.1) is 6.92 Å². The van der Waals surface area contributed by atoms with E-state index in [1.807, 2.05) is 0 Å². The van der Waals surface area contributed by atoms with E-state index in [1.165, 1.54) is 0 Å². The molecule has 0 atom stereocenters. The molecule has 17 heavy (non-hydrogen) atoms. The molecule has 1 aromatic carbocycles. The van der Waals surface area contributed by atoms with E-state index in [2.05, 4.69) is 20.8 Å². The van der Waals surface area contributed by atoms with Crippen molar-refractivity contribution in [3.8, 4) is 0 Å². The molecular formula is C11H12N4O2. The molecule has 0 bridgehead atoms. The van der Waals surface area contributed by atoms with Crippen molar-refractivity contribution in [2.45, 2.75) is 6.92 Å². The molecule has 0 fully saturated rings. The summed E-state index contributed by atoms with van der Waals surface area (Å²) < 4.78 is 5.17. The first kappa shape index (κ1) is 11.1. The van der Waals surface area contributed by atoms with Crippen LogP contribution in [-0.4, -0.2) is 23.2 Å². The normalized spacial score (nSPS) is 10.0. The lowest BCUT2D eigenvalue weighted by Crippen LogP contribution is -2.17.